The summed E-state index contributed by atoms with van der Waals surface area (Å²) < 4.78 is 5.73. The van der Waals surface area contributed by atoms with Gasteiger partial charge in [-0.1, -0.05) is 31.0 Å². The molecule has 0 amide bonds. The number of aromatic nitrogens is 2. The Morgan fingerprint density at radius 1 is 1.21 bits per heavy atom. The van der Waals surface area contributed by atoms with Crippen LogP contribution in [-0.2, 0) is 6.54 Å². The minimum absolute atomic E-state index is 0.612. The topological polar surface area (TPSA) is 51.0 Å². The molecule has 1 heterocycles. The van der Waals surface area contributed by atoms with Crippen LogP contribution >= 0.6 is 0 Å². The van der Waals surface area contributed by atoms with E-state index in [2.05, 4.69) is 28.5 Å². The molecule has 100 valence electrons. The Morgan fingerprint density at radius 2 is 2.00 bits per heavy atom. The van der Waals surface area contributed by atoms with Crippen molar-refractivity contribution in [2.75, 3.05) is 0 Å². The smallest absolute Gasteiger partial charge is 0.248 e. The molecule has 19 heavy (non-hydrogen) atoms. The number of nitrogens with zero attached hydrogens (tertiary/aromatic N) is 2. The number of benzene rings is 1. The van der Waals surface area contributed by atoms with Crippen LogP contribution in [0.2, 0.25) is 0 Å². The molecule has 3 rings (SSSR count). The van der Waals surface area contributed by atoms with Crippen molar-refractivity contribution in [1.82, 2.24) is 15.5 Å². The summed E-state index contributed by atoms with van der Waals surface area (Å²) in [5.41, 5.74) is 2.17. The van der Waals surface area contributed by atoms with Gasteiger partial charge in [0.05, 0.1) is 6.54 Å². The second-order valence-corrected chi connectivity index (χ2v) is 5.18. The third-order valence-corrected chi connectivity index (χ3v) is 3.74. The zero-order valence-corrected chi connectivity index (χ0v) is 11.2. The average Bonchev–Trinajstić information content (AvgIpc) is 3.08. The summed E-state index contributed by atoms with van der Waals surface area (Å²) in [5, 5.41) is 11.7. The van der Waals surface area contributed by atoms with Gasteiger partial charge in [0.15, 0.2) is 0 Å². The van der Waals surface area contributed by atoms with Gasteiger partial charge in [-0.3, -0.25) is 0 Å². The molecule has 1 saturated carbocycles. The first kappa shape index (κ1) is 12.4. The number of rotatable bonds is 4. The summed E-state index contributed by atoms with van der Waals surface area (Å²) in [6.07, 6.45) is 5.18. The van der Waals surface area contributed by atoms with Crippen molar-refractivity contribution in [3.05, 3.63) is 35.7 Å². The van der Waals surface area contributed by atoms with Crippen LogP contribution in [0.3, 0.4) is 0 Å². The number of nitrogens with one attached hydrogen (secondary N) is 1. The lowest BCUT2D eigenvalue weighted by molar-refractivity contribution is 0.440. The van der Waals surface area contributed by atoms with Crippen LogP contribution in [0, 0.1) is 6.92 Å². The lowest BCUT2D eigenvalue weighted by atomic mass is 10.1. The fourth-order valence-electron chi connectivity index (χ4n) is 2.61. The van der Waals surface area contributed by atoms with Gasteiger partial charge < -0.3 is 9.73 Å². The van der Waals surface area contributed by atoms with Crippen molar-refractivity contribution >= 4 is 0 Å². The minimum atomic E-state index is 0.612. The molecule has 1 aliphatic rings. The zero-order chi connectivity index (χ0) is 13.1. The van der Waals surface area contributed by atoms with Gasteiger partial charge in [-0.2, -0.15) is 0 Å². The molecule has 4 heteroatoms. The first-order chi connectivity index (χ1) is 9.33. The highest BCUT2D eigenvalue weighted by atomic mass is 16.4. The van der Waals surface area contributed by atoms with Crippen molar-refractivity contribution in [2.24, 2.45) is 0 Å². The largest absolute Gasteiger partial charge is 0.419 e. The van der Waals surface area contributed by atoms with Gasteiger partial charge in [-0.15, -0.1) is 10.2 Å². The molecule has 0 unspecified atom stereocenters. The molecule has 1 fully saturated rings. The van der Waals surface area contributed by atoms with Crippen molar-refractivity contribution in [3.8, 4) is 11.5 Å². The monoisotopic (exact) mass is 257 g/mol. The van der Waals surface area contributed by atoms with Crippen LogP contribution in [0.25, 0.3) is 11.5 Å². The molecule has 1 aliphatic carbocycles. The van der Waals surface area contributed by atoms with Gasteiger partial charge >= 0.3 is 0 Å². The van der Waals surface area contributed by atoms with Crippen LogP contribution in [0.1, 0.15) is 37.1 Å². The normalized spacial score (nSPS) is 16.1. The molecule has 2 aromatic rings. The van der Waals surface area contributed by atoms with Crippen LogP contribution in [-0.4, -0.2) is 16.2 Å². The quantitative estimate of drug-likeness (QED) is 0.914. The molecule has 0 bridgehead atoms. The Kier molecular flexibility index (Phi) is 3.60. The predicted molar refractivity (Wildman–Crippen MR) is 73.6 cm³/mol. The van der Waals surface area contributed by atoms with E-state index in [-0.39, 0.29) is 0 Å². The average molecular weight is 257 g/mol. The molecule has 0 aliphatic heterocycles. The Morgan fingerprint density at radius 3 is 2.79 bits per heavy atom. The molecule has 0 spiro atoms. The Balaban J connectivity index is 1.67. The highest BCUT2D eigenvalue weighted by Crippen LogP contribution is 2.22. The van der Waals surface area contributed by atoms with Crippen molar-refractivity contribution < 1.29 is 4.42 Å². The summed E-state index contributed by atoms with van der Waals surface area (Å²) in [7, 11) is 0. The van der Waals surface area contributed by atoms with E-state index in [0.717, 1.165) is 11.1 Å². The maximum Gasteiger partial charge on any atom is 0.248 e. The SMILES string of the molecule is Cc1ccccc1-c1nnc(CNC2CCCC2)o1. The van der Waals surface area contributed by atoms with E-state index in [1.807, 2.05) is 18.2 Å². The second-order valence-electron chi connectivity index (χ2n) is 5.18. The van der Waals surface area contributed by atoms with E-state index >= 15 is 0 Å². The number of hydrogen-bond donors (Lipinski definition) is 1. The van der Waals surface area contributed by atoms with E-state index in [1.165, 1.54) is 25.7 Å². The zero-order valence-electron chi connectivity index (χ0n) is 11.2. The Hall–Kier alpha value is -1.68. The van der Waals surface area contributed by atoms with Crippen LogP contribution in [0.5, 0.6) is 0 Å². The van der Waals surface area contributed by atoms with E-state index in [0.29, 0.717) is 24.4 Å². The number of hydrogen-bond acceptors (Lipinski definition) is 4. The van der Waals surface area contributed by atoms with Gasteiger partial charge in [-0.25, -0.2) is 0 Å². The van der Waals surface area contributed by atoms with E-state index in [9.17, 15) is 0 Å². The molecular formula is C15H19N3O. The summed E-state index contributed by atoms with van der Waals surface area (Å²) >= 11 is 0. The second kappa shape index (κ2) is 5.53. The van der Waals surface area contributed by atoms with Crippen molar-refractivity contribution in [3.63, 3.8) is 0 Å². The van der Waals surface area contributed by atoms with Crippen molar-refractivity contribution in [1.29, 1.82) is 0 Å². The highest BCUT2D eigenvalue weighted by molar-refractivity contribution is 5.57. The molecule has 0 atom stereocenters. The molecule has 0 saturated heterocycles. The van der Waals surface area contributed by atoms with Crippen molar-refractivity contribution in [2.45, 2.75) is 45.2 Å². The van der Waals surface area contributed by atoms with Gasteiger partial charge in [-0.05, 0) is 31.4 Å². The fraction of sp³-hybridized carbons (Fsp3) is 0.467. The van der Waals surface area contributed by atoms with Gasteiger partial charge in [0.1, 0.15) is 0 Å². The summed E-state index contributed by atoms with van der Waals surface area (Å²) in [6, 6.07) is 8.68. The maximum atomic E-state index is 5.73. The first-order valence-corrected chi connectivity index (χ1v) is 6.95. The van der Waals surface area contributed by atoms with Crippen LogP contribution < -0.4 is 5.32 Å². The summed E-state index contributed by atoms with van der Waals surface area (Å²) in [6.45, 7) is 2.72. The van der Waals surface area contributed by atoms with Crippen LogP contribution in [0.4, 0.5) is 0 Å². The van der Waals surface area contributed by atoms with Gasteiger partial charge in [0.25, 0.3) is 0 Å². The van der Waals surface area contributed by atoms with Gasteiger partial charge in [0.2, 0.25) is 11.8 Å². The molecule has 1 aromatic heterocycles. The third-order valence-electron chi connectivity index (χ3n) is 3.74. The highest BCUT2D eigenvalue weighted by Gasteiger charge is 2.16. The first-order valence-electron chi connectivity index (χ1n) is 6.95. The minimum Gasteiger partial charge on any atom is -0.419 e. The molecular weight excluding hydrogens is 238 g/mol. The van der Waals surface area contributed by atoms with E-state index in [4.69, 9.17) is 4.42 Å². The maximum absolute atomic E-state index is 5.73. The van der Waals surface area contributed by atoms with Gasteiger partial charge in [0, 0.05) is 11.6 Å². The summed E-state index contributed by atoms with van der Waals surface area (Å²) in [5.74, 6) is 1.28. The lowest BCUT2D eigenvalue weighted by Crippen LogP contribution is -2.25. The molecule has 1 aromatic carbocycles. The Bertz CT molecular complexity index is 544. The van der Waals surface area contributed by atoms with E-state index < -0.39 is 0 Å². The molecule has 4 nitrogen and oxygen atoms in total. The predicted octanol–water partition coefficient (Wildman–Crippen LogP) is 3.08. The number of aryl methyl sites for hydroxylation is 1. The fourth-order valence-corrected chi connectivity index (χ4v) is 2.61. The molecule has 1 N–H and O–H groups in total. The summed E-state index contributed by atoms with van der Waals surface area (Å²) in [4.78, 5) is 0. The van der Waals surface area contributed by atoms with E-state index in [1.54, 1.807) is 0 Å². The Labute approximate surface area is 113 Å². The molecule has 0 radical (unpaired) electrons. The third kappa shape index (κ3) is 2.84. The lowest BCUT2D eigenvalue weighted by Gasteiger charge is -2.08. The standard InChI is InChI=1S/C15H19N3O/c1-11-6-2-5-9-13(11)15-18-17-14(19-15)10-16-12-7-3-4-8-12/h2,5-6,9,12,16H,3-4,7-8,10H2,1H3. The van der Waals surface area contributed by atoms with Crippen LogP contribution in [0.15, 0.2) is 28.7 Å².